The Morgan fingerprint density at radius 1 is 1.00 bits per heavy atom. The highest BCUT2D eigenvalue weighted by molar-refractivity contribution is 8.00. The number of hydrogen-bond donors (Lipinski definition) is 2. The van der Waals surface area contributed by atoms with Crippen LogP contribution in [0.5, 0.6) is 0 Å². The maximum absolute atomic E-state index is 10.6. The number of anilines is 2. The average Bonchev–Trinajstić information content (AvgIpc) is 2.50. The standard InChI is InChI=1S/C9H11ClN2O2S.C6H5ClN2O2/c1-5(2)15-9-4-7(11)8(12(13)14)3-6(9)10;7-4-2-1-3-5(8)6(4)9(10)11/h3-5H,11H2,1-2H3;1-3H,8H2. The molecule has 0 atom stereocenters. The second-order valence-electron chi connectivity index (χ2n) is 5.20. The molecule has 0 aliphatic heterocycles. The Balaban J connectivity index is 0.000000273. The molecular formula is C15H16Cl2N4O4S. The van der Waals surface area contributed by atoms with Gasteiger partial charge in [-0.25, -0.2) is 0 Å². The molecule has 0 heterocycles. The first-order valence-corrected chi connectivity index (χ1v) is 8.76. The van der Waals surface area contributed by atoms with Gasteiger partial charge in [0, 0.05) is 16.2 Å². The van der Waals surface area contributed by atoms with E-state index in [2.05, 4.69) is 0 Å². The number of nitrogen functional groups attached to an aromatic ring is 2. The summed E-state index contributed by atoms with van der Waals surface area (Å²) in [5.74, 6) is 0. The van der Waals surface area contributed by atoms with Crippen molar-refractivity contribution in [2.45, 2.75) is 24.0 Å². The van der Waals surface area contributed by atoms with E-state index in [4.69, 9.17) is 34.7 Å². The van der Waals surface area contributed by atoms with Crippen LogP contribution in [0.4, 0.5) is 22.7 Å². The minimum absolute atomic E-state index is 0.0648. The molecule has 0 spiro atoms. The number of thioether (sulfide) groups is 1. The quantitative estimate of drug-likeness (QED) is 0.302. The van der Waals surface area contributed by atoms with Crippen LogP contribution in [-0.4, -0.2) is 15.1 Å². The van der Waals surface area contributed by atoms with E-state index in [1.54, 1.807) is 12.1 Å². The van der Waals surface area contributed by atoms with Crippen LogP contribution in [0.2, 0.25) is 10.0 Å². The van der Waals surface area contributed by atoms with Gasteiger partial charge in [-0.05, 0) is 18.2 Å². The van der Waals surface area contributed by atoms with E-state index in [0.717, 1.165) is 4.90 Å². The lowest BCUT2D eigenvalue weighted by atomic mass is 10.3. The monoisotopic (exact) mass is 418 g/mol. The van der Waals surface area contributed by atoms with Gasteiger partial charge in [-0.1, -0.05) is 43.1 Å². The van der Waals surface area contributed by atoms with Gasteiger partial charge in [0.05, 0.1) is 14.9 Å². The maximum atomic E-state index is 10.6. The second-order valence-corrected chi connectivity index (χ2v) is 7.63. The number of para-hydroxylation sites is 1. The summed E-state index contributed by atoms with van der Waals surface area (Å²) in [6.07, 6.45) is 0. The first-order valence-electron chi connectivity index (χ1n) is 7.13. The van der Waals surface area contributed by atoms with Crippen LogP contribution >= 0.6 is 35.0 Å². The fraction of sp³-hybridized carbons (Fsp3) is 0.200. The first-order chi connectivity index (χ1) is 12.0. The number of rotatable bonds is 4. The third kappa shape index (κ3) is 5.94. The molecule has 0 saturated carbocycles. The highest BCUT2D eigenvalue weighted by Crippen LogP contribution is 2.36. The fourth-order valence-electron chi connectivity index (χ4n) is 1.79. The van der Waals surface area contributed by atoms with Crippen molar-refractivity contribution in [2.75, 3.05) is 11.5 Å². The van der Waals surface area contributed by atoms with Crippen LogP contribution in [0.15, 0.2) is 35.2 Å². The van der Waals surface area contributed by atoms with Gasteiger partial charge in [-0.2, -0.15) is 0 Å². The van der Waals surface area contributed by atoms with E-state index >= 15 is 0 Å². The van der Waals surface area contributed by atoms with Crippen molar-refractivity contribution in [1.29, 1.82) is 0 Å². The van der Waals surface area contributed by atoms with Crippen molar-refractivity contribution in [3.8, 4) is 0 Å². The minimum atomic E-state index is -0.600. The van der Waals surface area contributed by atoms with Crippen LogP contribution in [0.1, 0.15) is 13.8 Å². The molecule has 0 bridgehead atoms. The number of nitro groups is 2. The maximum Gasteiger partial charge on any atom is 0.310 e. The van der Waals surface area contributed by atoms with E-state index in [9.17, 15) is 20.2 Å². The summed E-state index contributed by atoms with van der Waals surface area (Å²) >= 11 is 12.9. The molecule has 2 rings (SSSR count). The molecule has 0 fully saturated rings. The summed E-state index contributed by atoms with van der Waals surface area (Å²) in [6, 6.07) is 7.26. The largest absolute Gasteiger partial charge is 0.393 e. The molecule has 26 heavy (non-hydrogen) atoms. The molecule has 140 valence electrons. The van der Waals surface area contributed by atoms with Crippen molar-refractivity contribution in [3.63, 3.8) is 0 Å². The minimum Gasteiger partial charge on any atom is -0.393 e. The Hall–Kier alpha value is -2.23. The molecule has 0 saturated heterocycles. The average molecular weight is 419 g/mol. The fourth-order valence-corrected chi connectivity index (χ4v) is 3.20. The van der Waals surface area contributed by atoms with Gasteiger partial charge >= 0.3 is 5.69 Å². The third-order valence-electron chi connectivity index (χ3n) is 2.84. The lowest BCUT2D eigenvalue weighted by molar-refractivity contribution is -0.384. The van der Waals surface area contributed by atoms with Gasteiger partial charge in [0.2, 0.25) is 0 Å². The van der Waals surface area contributed by atoms with Gasteiger partial charge in [0.15, 0.2) is 0 Å². The summed E-state index contributed by atoms with van der Waals surface area (Å²) in [4.78, 5) is 20.5. The number of nitrogens with two attached hydrogens (primary N) is 2. The van der Waals surface area contributed by atoms with Crippen molar-refractivity contribution in [2.24, 2.45) is 0 Å². The van der Waals surface area contributed by atoms with Crippen LogP contribution in [0.25, 0.3) is 0 Å². The smallest absolute Gasteiger partial charge is 0.310 e. The van der Waals surface area contributed by atoms with E-state index in [1.165, 1.54) is 30.0 Å². The molecular weight excluding hydrogens is 403 g/mol. The molecule has 2 aromatic rings. The van der Waals surface area contributed by atoms with Crippen LogP contribution < -0.4 is 11.5 Å². The third-order valence-corrected chi connectivity index (χ3v) is 4.63. The predicted octanol–water partition coefficient (Wildman–Crippen LogP) is 5.16. The van der Waals surface area contributed by atoms with Gasteiger partial charge < -0.3 is 11.5 Å². The zero-order valence-electron chi connectivity index (χ0n) is 13.8. The molecule has 0 aliphatic carbocycles. The highest BCUT2D eigenvalue weighted by atomic mass is 35.5. The summed E-state index contributed by atoms with van der Waals surface area (Å²) in [5, 5.41) is 21.6. The van der Waals surface area contributed by atoms with Crippen molar-refractivity contribution in [1.82, 2.24) is 0 Å². The Morgan fingerprint density at radius 3 is 2.04 bits per heavy atom. The molecule has 11 heteroatoms. The molecule has 4 N–H and O–H groups in total. The zero-order valence-corrected chi connectivity index (χ0v) is 16.1. The van der Waals surface area contributed by atoms with Gasteiger partial charge in [-0.15, -0.1) is 11.8 Å². The Bertz CT molecular complexity index is 813. The molecule has 0 radical (unpaired) electrons. The summed E-state index contributed by atoms with van der Waals surface area (Å²) in [6.45, 7) is 4.02. The lowest BCUT2D eigenvalue weighted by Crippen LogP contribution is -1.97. The summed E-state index contributed by atoms with van der Waals surface area (Å²) < 4.78 is 0. The molecule has 8 nitrogen and oxygen atoms in total. The van der Waals surface area contributed by atoms with Gasteiger partial charge in [0.25, 0.3) is 5.69 Å². The van der Waals surface area contributed by atoms with Crippen molar-refractivity contribution in [3.05, 3.63) is 60.6 Å². The van der Waals surface area contributed by atoms with Gasteiger partial charge in [0.1, 0.15) is 16.4 Å². The topological polar surface area (TPSA) is 138 Å². The molecule has 2 aromatic carbocycles. The molecule has 0 amide bonds. The van der Waals surface area contributed by atoms with E-state index in [0.29, 0.717) is 10.3 Å². The number of hydrogen-bond acceptors (Lipinski definition) is 7. The molecule has 0 aromatic heterocycles. The van der Waals surface area contributed by atoms with Gasteiger partial charge in [-0.3, -0.25) is 20.2 Å². The van der Waals surface area contributed by atoms with E-state index in [-0.39, 0.29) is 27.8 Å². The van der Waals surface area contributed by atoms with Crippen molar-refractivity contribution >= 4 is 57.7 Å². The first kappa shape index (κ1) is 21.8. The zero-order chi connectivity index (χ0) is 20.0. The Kier molecular flexibility index (Phi) is 7.94. The number of nitro benzene ring substituents is 2. The molecule has 0 aliphatic rings. The predicted molar refractivity (Wildman–Crippen MR) is 106 cm³/mol. The summed E-state index contributed by atoms with van der Waals surface area (Å²) in [7, 11) is 0. The normalized spacial score (nSPS) is 10.2. The Morgan fingerprint density at radius 2 is 1.62 bits per heavy atom. The summed E-state index contributed by atoms with van der Waals surface area (Å²) in [5.41, 5.74) is 10.7. The van der Waals surface area contributed by atoms with Crippen LogP contribution in [0.3, 0.4) is 0 Å². The van der Waals surface area contributed by atoms with Crippen LogP contribution in [0, 0.1) is 20.2 Å². The highest BCUT2D eigenvalue weighted by Gasteiger charge is 2.16. The number of benzene rings is 2. The lowest BCUT2D eigenvalue weighted by Gasteiger charge is -2.08. The van der Waals surface area contributed by atoms with E-state index in [1.807, 2.05) is 13.8 Å². The SMILES string of the molecule is CC(C)Sc1cc(N)c([N+](=O)[O-])cc1Cl.Nc1cccc(Cl)c1[N+](=O)[O-]. The number of halogens is 2. The van der Waals surface area contributed by atoms with Crippen molar-refractivity contribution < 1.29 is 9.85 Å². The Labute approximate surface area is 163 Å². The number of nitrogens with zero attached hydrogens (tertiary/aromatic N) is 2. The van der Waals surface area contributed by atoms with Crippen LogP contribution in [-0.2, 0) is 0 Å². The molecule has 0 unspecified atom stereocenters. The second kappa shape index (κ2) is 9.46. The van der Waals surface area contributed by atoms with E-state index < -0.39 is 9.85 Å².